The van der Waals surface area contributed by atoms with Crippen LogP contribution in [0.2, 0.25) is 0 Å². The molecule has 5 heteroatoms. The second-order valence-corrected chi connectivity index (χ2v) is 6.56. The molecule has 0 bridgehead atoms. The van der Waals surface area contributed by atoms with Gasteiger partial charge >= 0.3 is 0 Å². The van der Waals surface area contributed by atoms with Gasteiger partial charge in [-0.2, -0.15) is 0 Å². The summed E-state index contributed by atoms with van der Waals surface area (Å²) in [6, 6.07) is 13.0. The highest BCUT2D eigenvalue weighted by atomic mass is 79.9. The van der Waals surface area contributed by atoms with Gasteiger partial charge < -0.3 is 10.3 Å². The number of carbonyl (C=O) groups is 1. The number of hydrogen-bond acceptors (Lipinski definition) is 1. The molecule has 0 atom stereocenters. The number of carbonyl (C=O) groups excluding carboxylic acids is 1. The van der Waals surface area contributed by atoms with Crippen molar-refractivity contribution in [3.05, 3.63) is 70.1 Å². The van der Waals surface area contributed by atoms with Gasteiger partial charge in [0.1, 0.15) is 5.82 Å². The van der Waals surface area contributed by atoms with E-state index in [4.69, 9.17) is 0 Å². The summed E-state index contributed by atoms with van der Waals surface area (Å²) in [6.45, 7) is 0.546. The first-order chi connectivity index (χ1) is 11.6. The van der Waals surface area contributed by atoms with E-state index in [0.717, 1.165) is 16.6 Å². The number of aromatic nitrogens is 1. The lowest BCUT2D eigenvalue weighted by molar-refractivity contribution is -0.121. The normalized spacial score (nSPS) is 10.9. The predicted molar refractivity (Wildman–Crippen MR) is 97.4 cm³/mol. The van der Waals surface area contributed by atoms with Crippen molar-refractivity contribution >= 4 is 32.7 Å². The maximum absolute atomic E-state index is 13.2. The number of hydrogen-bond donors (Lipinski definition) is 2. The number of benzene rings is 2. The number of fused-ring (bicyclic) bond motifs is 1. The molecule has 0 fully saturated rings. The summed E-state index contributed by atoms with van der Waals surface area (Å²) in [5.74, 6) is -0.247. The lowest BCUT2D eigenvalue weighted by Gasteiger charge is -2.06. The molecule has 0 aliphatic carbocycles. The average Bonchev–Trinajstić information content (AvgIpc) is 2.99. The first kappa shape index (κ1) is 16.7. The van der Waals surface area contributed by atoms with Gasteiger partial charge in [0, 0.05) is 30.1 Å². The molecule has 0 aliphatic heterocycles. The maximum atomic E-state index is 13.2. The van der Waals surface area contributed by atoms with Crippen LogP contribution in [-0.2, 0) is 17.6 Å². The van der Waals surface area contributed by atoms with Gasteiger partial charge in [0.25, 0.3) is 0 Å². The summed E-state index contributed by atoms with van der Waals surface area (Å²) in [5, 5.41) is 4.09. The predicted octanol–water partition coefficient (Wildman–Crippen LogP) is 4.36. The van der Waals surface area contributed by atoms with Gasteiger partial charge in [-0.25, -0.2) is 4.39 Å². The highest BCUT2D eigenvalue weighted by Gasteiger charge is 2.07. The quantitative estimate of drug-likeness (QED) is 0.647. The Morgan fingerprint density at radius 3 is 2.83 bits per heavy atom. The molecule has 124 valence electrons. The van der Waals surface area contributed by atoms with Crippen LogP contribution in [0.25, 0.3) is 10.9 Å². The van der Waals surface area contributed by atoms with E-state index in [1.807, 2.05) is 24.4 Å². The van der Waals surface area contributed by atoms with Crippen molar-refractivity contribution in [2.24, 2.45) is 0 Å². The highest BCUT2D eigenvalue weighted by Crippen LogP contribution is 2.19. The Balaban J connectivity index is 1.46. The van der Waals surface area contributed by atoms with E-state index in [2.05, 4.69) is 32.3 Å². The lowest BCUT2D eigenvalue weighted by Crippen LogP contribution is -2.25. The van der Waals surface area contributed by atoms with Gasteiger partial charge in [-0.1, -0.05) is 24.3 Å². The number of rotatable bonds is 6. The topological polar surface area (TPSA) is 44.9 Å². The molecular weight excluding hydrogens is 371 g/mol. The fraction of sp³-hybridized carbons (Fsp3) is 0.211. The van der Waals surface area contributed by atoms with Gasteiger partial charge in [-0.3, -0.25) is 4.79 Å². The van der Waals surface area contributed by atoms with Crippen molar-refractivity contribution in [3.63, 3.8) is 0 Å². The zero-order valence-electron chi connectivity index (χ0n) is 13.1. The van der Waals surface area contributed by atoms with E-state index < -0.39 is 0 Å². The Hall–Kier alpha value is -2.14. The molecule has 24 heavy (non-hydrogen) atoms. The Morgan fingerprint density at radius 1 is 1.17 bits per heavy atom. The third-order valence-electron chi connectivity index (χ3n) is 4.02. The smallest absolute Gasteiger partial charge is 0.220 e. The highest BCUT2D eigenvalue weighted by molar-refractivity contribution is 9.10. The molecular formula is C19H18BrFN2O. The van der Waals surface area contributed by atoms with E-state index >= 15 is 0 Å². The maximum Gasteiger partial charge on any atom is 0.220 e. The average molecular weight is 389 g/mol. The molecule has 1 aromatic heterocycles. The molecule has 2 N–H and O–H groups in total. The number of amides is 1. The van der Waals surface area contributed by atoms with Crippen molar-refractivity contribution in [3.8, 4) is 0 Å². The number of H-pyrrole nitrogens is 1. The minimum Gasteiger partial charge on any atom is -0.361 e. The lowest BCUT2D eigenvalue weighted by atomic mass is 10.1. The molecule has 2 aromatic carbocycles. The molecule has 1 heterocycles. The van der Waals surface area contributed by atoms with Crippen LogP contribution in [0.4, 0.5) is 4.39 Å². The van der Waals surface area contributed by atoms with Crippen LogP contribution in [0.1, 0.15) is 17.5 Å². The first-order valence-electron chi connectivity index (χ1n) is 7.89. The van der Waals surface area contributed by atoms with E-state index in [0.29, 0.717) is 30.3 Å². The van der Waals surface area contributed by atoms with Gasteiger partial charge in [0.15, 0.2) is 0 Å². The molecule has 3 aromatic rings. The molecule has 0 unspecified atom stereocenters. The van der Waals surface area contributed by atoms with E-state index in [1.54, 1.807) is 12.1 Å². The number of aromatic amines is 1. The number of nitrogens with one attached hydrogen (secondary N) is 2. The van der Waals surface area contributed by atoms with Crippen molar-refractivity contribution in [2.75, 3.05) is 6.54 Å². The summed E-state index contributed by atoms with van der Waals surface area (Å²) in [7, 11) is 0. The van der Waals surface area contributed by atoms with Crippen LogP contribution in [0.15, 0.2) is 53.1 Å². The second-order valence-electron chi connectivity index (χ2n) is 5.71. The van der Waals surface area contributed by atoms with Gasteiger partial charge in [-0.05, 0) is 58.1 Å². The zero-order valence-corrected chi connectivity index (χ0v) is 14.7. The van der Waals surface area contributed by atoms with Crippen LogP contribution in [0.5, 0.6) is 0 Å². The molecule has 3 nitrogen and oxygen atoms in total. The van der Waals surface area contributed by atoms with Gasteiger partial charge in [0.05, 0.1) is 4.47 Å². The number of para-hydroxylation sites is 1. The Kier molecular flexibility index (Phi) is 5.30. The van der Waals surface area contributed by atoms with Crippen molar-refractivity contribution < 1.29 is 9.18 Å². The molecule has 0 spiro atoms. The molecule has 0 saturated carbocycles. The third-order valence-corrected chi connectivity index (χ3v) is 4.62. The number of aryl methyl sites for hydroxylation is 1. The first-order valence-corrected chi connectivity index (χ1v) is 8.68. The van der Waals surface area contributed by atoms with E-state index in [9.17, 15) is 9.18 Å². The monoisotopic (exact) mass is 388 g/mol. The fourth-order valence-electron chi connectivity index (χ4n) is 2.72. The summed E-state index contributed by atoms with van der Waals surface area (Å²) in [4.78, 5) is 15.2. The molecule has 0 saturated heterocycles. The van der Waals surface area contributed by atoms with Crippen molar-refractivity contribution in [1.29, 1.82) is 0 Å². The van der Waals surface area contributed by atoms with Crippen molar-refractivity contribution in [2.45, 2.75) is 19.3 Å². The minimum atomic E-state index is -0.276. The summed E-state index contributed by atoms with van der Waals surface area (Å²) in [5.41, 5.74) is 3.23. The third kappa shape index (κ3) is 4.03. The molecule has 3 rings (SSSR count). The SMILES string of the molecule is O=C(CCc1c[nH]c2ccccc12)NCCc1ccc(F)c(Br)c1. The summed E-state index contributed by atoms with van der Waals surface area (Å²) in [6.07, 6.45) is 3.80. The Morgan fingerprint density at radius 2 is 2.00 bits per heavy atom. The van der Waals surface area contributed by atoms with Crippen LogP contribution >= 0.6 is 15.9 Å². The van der Waals surface area contributed by atoms with E-state index in [-0.39, 0.29) is 11.7 Å². The Labute approximate surface area is 148 Å². The largest absolute Gasteiger partial charge is 0.361 e. The van der Waals surface area contributed by atoms with Crippen LogP contribution in [0.3, 0.4) is 0 Å². The molecule has 1 amide bonds. The summed E-state index contributed by atoms with van der Waals surface area (Å²) < 4.78 is 13.6. The standard InChI is InChI=1S/C19H18BrFN2O/c20-16-11-13(5-7-17(16)21)9-10-22-19(24)8-6-14-12-23-18-4-2-1-3-15(14)18/h1-5,7,11-12,23H,6,8-10H2,(H,22,24). The fourth-order valence-corrected chi connectivity index (χ4v) is 3.14. The van der Waals surface area contributed by atoms with Crippen LogP contribution < -0.4 is 5.32 Å². The van der Waals surface area contributed by atoms with Crippen molar-refractivity contribution in [1.82, 2.24) is 10.3 Å². The number of halogens is 2. The summed E-state index contributed by atoms with van der Waals surface area (Å²) >= 11 is 3.17. The second kappa shape index (κ2) is 7.62. The Bertz CT molecular complexity index is 859. The van der Waals surface area contributed by atoms with Gasteiger partial charge in [0.2, 0.25) is 5.91 Å². The van der Waals surface area contributed by atoms with E-state index in [1.165, 1.54) is 11.5 Å². The zero-order chi connectivity index (χ0) is 16.9. The van der Waals surface area contributed by atoms with Crippen LogP contribution in [-0.4, -0.2) is 17.4 Å². The van der Waals surface area contributed by atoms with Crippen LogP contribution in [0, 0.1) is 5.82 Å². The molecule has 0 aliphatic rings. The minimum absolute atomic E-state index is 0.0291. The van der Waals surface area contributed by atoms with Gasteiger partial charge in [-0.15, -0.1) is 0 Å². The molecule has 0 radical (unpaired) electrons.